The Morgan fingerprint density at radius 3 is 2.42 bits per heavy atom. The summed E-state index contributed by atoms with van der Waals surface area (Å²) in [6, 6.07) is 18.0. The van der Waals surface area contributed by atoms with Crippen molar-refractivity contribution >= 4 is 40.9 Å². The molecule has 4 rings (SSSR count). The summed E-state index contributed by atoms with van der Waals surface area (Å²) in [4.78, 5) is 41.4. The molecule has 0 spiro atoms. The highest BCUT2D eigenvalue weighted by atomic mass is 32.2. The maximum atomic E-state index is 13.4. The molecule has 0 unspecified atom stereocenters. The zero-order chi connectivity index (χ0) is 27.2. The van der Waals surface area contributed by atoms with E-state index < -0.39 is 11.7 Å². The Hall–Kier alpha value is -3.95. The SMILES string of the molecule is COCCCN1C(=O)C(Nc2ccc(C)c(C)c2)=C(Sc2cccc(NC(=O)c3ccc(F)cc3)c2)C1=O. The Labute approximate surface area is 225 Å². The van der Waals surface area contributed by atoms with Crippen LogP contribution in [-0.4, -0.2) is 42.9 Å². The van der Waals surface area contributed by atoms with Gasteiger partial charge in [0.15, 0.2) is 0 Å². The summed E-state index contributed by atoms with van der Waals surface area (Å²) in [7, 11) is 1.57. The summed E-state index contributed by atoms with van der Waals surface area (Å²) in [5.41, 5.74) is 3.91. The lowest BCUT2D eigenvalue weighted by Gasteiger charge is -2.15. The molecule has 0 saturated carbocycles. The van der Waals surface area contributed by atoms with Gasteiger partial charge in [-0.2, -0.15) is 0 Å². The number of rotatable bonds is 10. The van der Waals surface area contributed by atoms with Crippen molar-refractivity contribution in [3.8, 4) is 0 Å². The number of nitrogens with zero attached hydrogens (tertiary/aromatic N) is 1. The van der Waals surface area contributed by atoms with Gasteiger partial charge in [0, 0.05) is 42.1 Å². The van der Waals surface area contributed by atoms with Crippen molar-refractivity contribution in [1.82, 2.24) is 4.90 Å². The number of amides is 3. The van der Waals surface area contributed by atoms with Crippen LogP contribution in [0.3, 0.4) is 0 Å². The highest BCUT2D eigenvalue weighted by Crippen LogP contribution is 2.37. The number of hydrogen-bond acceptors (Lipinski definition) is 6. The van der Waals surface area contributed by atoms with Crippen LogP contribution in [0.25, 0.3) is 0 Å². The number of carbonyl (C=O) groups excluding carboxylic acids is 3. The number of hydrogen-bond donors (Lipinski definition) is 2. The van der Waals surface area contributed by atoms with E-state index >= 15 is 0 Å². The number of imide groups is 1. The molecule has 0 atom stereocenters. The van der Waals surface area contributed by atoms with Crippen molar-refractivity contribution < 1.29 is 23.5 Å². The molecule has 0 bridgehead atoms. The second-order valence-electron chi connectivity index (χ2n) is 8.83. The van der Waals surface area contributed by atoms with E-state index in [0.29, 0.717) is 34.9 Å². The lowest BCUT2D eigenvalue weighted by Crippen LogP contribution is -2.33. The van der Waals surface area contributed by atoms with Gasteiger partial charge in [0.2, 0.25) is 0 Å². The average Bonchev–Trinajstić information content (AvgIpc) is 3.11. The summed E-state index contributed by atoms with van der Waals surface area (Å²) in [5, 5.41) is 5.95. The van der Waals surface area contributed by atoms with Crippen LogP contribution in [0.4, 0.5) is 15.8 Å². The van der Waals surface area contributed by atoms with Crippen molar-refractivity contribution in [2.24, 2.45) is 0 Å². The molecule has 1 aliphatic heterocycles. The maximum Gasteiger partial charge on any atom is 0.278 e. The summed E-state index contributed by atoms with van der Waals surface area (Å²) < 4.78 is 18.3. The lowest BCUT2D eigenvalue weighted by molar-refractivity contribution is -0.137. The minimum atomic E-state index is -0.425. The van der Waals surface area contributed by atoms with Crippen LogP contribution in [0.15, 0.2) is 82.2 Å². The Kier molecular flexibility index (Phi) is 8.60. The van der Waals surface area contributed by atoms with Crippen molar-refractivity contribution in [2.45, 2.75) is 25.2 Å². The van der Waals surface area contributed by atoms with Gasteiger partial charge in [-0.25, -0.2) is 4.39 Å². The van der Waals surface area contributed by atoms with Gasteiger partial charge in [-0.1, -0.05) is 23.9 Å². The molecule has 1 heterocycles. The number of nitrogens with one attached hydrogen (secondary N) is 2. The molecule has 0 aliphatic carbocycles. The highest BCUT2D eigenvalue weighted by Gasteiger charge is 2.38. The first-order chi connectivity index (χ1) is 18.3. The molecule has 3 aromatic rings. The summed E-state index contributed by atoms with van der Waals surface area (Å²) in [5.74, 6) is -1.60. The van der Waals surface area contributed by atoms with Crippen LogP contribution >= 0.6 is 11.8 Å². The normalized spacial score (nSPS) is 13.3. The molecule has 0 saturated heterocycles. The minimum absolute atomic E-state index is 0.210. The highest BCUT2D eigenvalue weighted by molar-refractivity contribution is 8.04. The Balaban J connectivity index is 1.59. The smallest absolute Gasteiger partial charge is 0.278 e. The van der Waals surface area contributed by atoms with Gasteiger partial charge in [-0.3, -0.25) is 19.3 Å². The van der Waals surface area contributed by atoms with Crippen LogP contribution in [0.1, 0.15) is 27.9 Å². The first-order valence-corrected chi connectivity index (χ1v) is 12.9. The van der Waals surface area contributed by atoms with Gasteiger partial charge in [-0.15, -0.1) is 0 Å². The number of anilines is 2. The first-order valence-electron chi connectivity index (χ1n) is 12.1. The van der Waals surface area contributed by atoms with Crippen LogP contribution in [0.5, 0.6) is 0 Å². The first kappa shape index (κ1) is 27.1. The number of halogens is 1. The van der Waals surface area contributed by atoms with Gasteiger partial charge in [0.25, 0.3) is 17.7 Å². The predicted octanol–water partition coefficient (Wildman–Crippen LogP) is 5.52. The molecular formula is C29H28FN3O4S. The lowest BCUT2D eigenvalue weighted by atomic mass is 10.1. The number of aryl methyl sites for hydroxylation is 2. The summed E-state index contributed by atoms with van der Waals surface area (Å²) in [6.07, 6.45) is 0.522. The molecule has 2 N–H and O–H groups in total. The molecule has 7 nitrogen and oxygen atoms in total. The molecule has 0 aromatic heterocycles. The van der Waals surface area contributed by atoms with Crippen molar-refractivity contribution in [3.05, 3.63) is 99.8 Å². The fourth-order valence-corrected chi connectivity index (χ4v) is 4.86. The molecule has 3 amide bonds. The average molecular weight is 534 g/mol. The van der Waals surface area contributed by atoms with Gasteiger partial charge in [0.1, 0.15) is 16.4 Å². The van der Waals surface area contributed by atoms with Gasteiger partial charge >= 0.3 is 0 Å². The van der Waals surface area contributed by atoms with E-state index in [1.165, 1.54) is 29.2 Å². The largest absolute Gasteiger partial charge is 0.385 e. The molecule has 3 aromatic carbocycles. The van der Waals surface area contributed by atoms with Gasteiger partial charge < -0.3 is 15.4 Å². The van der Waals surface area contributed by atoms with Crippen LogP contribution in [0.2, 0.25) is 0 Å². The van der Waals surface area contributed by atoms with E-state index in [0.717, 1.165) is 22.9 Å². The number of thioether (sulfide) groups is 1. The second kappa shape index (κ2) is 12.1. The Morgan fingerprint density at radius 2 is 1.71 bits per heavy atom. The van der Waals surface area contributed by atoms with E-state index in [4.69, 9.17) is 4.74 Å². The predicted molar refractivity (Wildman–Crippen MR) is 146 cm³/mol. The molecule has 9 heteroatoms. The minimum Gasteiger partial charge on any atom is -0.385 e. The number of methoxy groups -OCH3 is 1. The Morgan fingerprint density at radius 1 is 0.947 bits per heavy atom. The van der Waals surface area contributed by atoms with Crippen molar-refractivity contribution in [1.29, 1.82) is 0 Å². The second-order valence-corrected chi connectivity index (χ2v) is 9.91. The number of benzene rings is 3. The van der Waals surface area contributed by atoms with Crippen molar-refractivity contribution in [3.63, 3.8) is 0 Å². The molecule has 0 fully saturated rings. The maximum absolute atomic E-state index is 13.4. The van der Waals surface area contributed by atoms with Crippen LogP contribution in [0, 0.1) is 19.7 Å². The van der Waals surface area contributed by atoms with E-state index in [1.54, 1.807) is 31.4 Å². The summed E-state index contributed by atoms with van der Waals surface area (Å²) in [6.45, 7) is 4.65. The number of carbonyl (C=O) groups is 3. The summed E-state index contributed by atoms with van der Waals surface area (Å²) >= 11 is 1.15. The van der Waals surface area contributed by atoms with Crippen molar-refractivity contribution in [2.75, 3.05) is 30.9 Å². The third-order valence-corrected chi connectivity index (χ3v) is 7.12. The quantitative estimate of drug-likeness (QED) is 0.264. The topological polar surface area (TPSA) is 87.7 Å². The van der Waals surface area contributed by atoms with E-state index in [-0.39, 0.29) is 29.0 Å². The third-order valence-electron chi connectivity index (χ3n) is 6.05. The third kappa shape index (κ3) is 6.30. The molecule has 1 aliphatic rings. The van der Waals surface area contributed by atoms with E-state index in [9.17, 15) is 18.8 Å². The molecule has 38 heavy (non-hydrogen) atoms. The monoisotopic (exact) mass is 533 g/mol. The molecule has 0 radical (unpaired) electrons. The zero-order valence-corrected chi connectivity index (χ0v) is 22.2. The fraction of sp³-hybridized carbons (Fsp3) is 0.207. The molecule has 196 valence electrons. The molecular weight excluding hydrogens is 505 g/mol. The van der Waals surface area contributed by atoms with E-state index in [1.807, 2.05) is 32.0 Å². The van der Waals surface area contributed by atoms with Crippen LogP contribution < -0.4 is 10.6 Å². The zero-order valence-electron chi connectivity index (χ0n) is 21.3. The van der Waals surface area contributed by atoms with Gasteiger partial charge in [0.05, 0.1) is 0 Å². The van der Waals surface area contributed by atoms with E-state index in [2.05, 4.69) is 10.6 Å². The Bertz CT molecular complexity index is 1410. The van der Waals surface area contributed by atoms with Gasteiger partial charge in [-0.05, 0) is 86.0 Å². The fourth-order valence-electron chi connectivity index (χ4n) is 3.85. The van der Waals surface area contributed by atoms with Crippen LogP contribution in [-0.2, 0) is 14.3 Å². The standard InChI is InChI=1S/C29H28FN3O4S/c1-18-8-13-23(16-19(18)2)31-25-26(29(36)33(28(25)35)14-5-15-37-3)38-24-7-4-6-22(17-24)32-27(34)20-9-11-21(30)12-10-20/h4,6-13,16-17,31H,5,14-15H2,1-3H3,(H,32,34). The number of ether oxygens (including phenoxy) is 1.